The third-order valence-electron chi connectivity index (χ3n) is 4.64. The van der Waals surface area contributed by atoms with E-state index in [1.54, 1.807) is 0 Å². The Labute approximate surface area is 170 Å². The van der Waals surface area contributed by atoms with Crippen molar-refractivity contribution in [2.45, 2.75) is 6.42 Å². The summed E-state index contributed by atoms with van der Waals surface area (Å²) < 4.78 is 11.9. The van der Waals surface area contributed by atoms with Crippen molar-refractivity contribution in [2.75, 3.05) is 11.5 Å². The maximum atomic E-state index is 6.39. The van der Waals surface area contributed by atoms with Crippen LogP contribution < -0.4 is 20.9 Å². The molecule has 0 atom stereocenters. The van der Waals surface area contributed by atoms with Crippen LogP contribution >= 0.6 is 0 Å². The molecule has 0 aromatic heterocycles. The lowest BCUT2D eigenvalue weighted by Crippen LogP contribution is -2.02. The molecular formula is C25H22N2O2. The number of anilines is 2. The van der Waals surface area contributed by atoms with Crippen LogP contribution in [0.2, 0.25) is 0 Å². The van der Waals surface area contributed by atoms with E-state index in [2.05, 4.69) is 0 Å². The van der Waals surface area contributed by atoms with E-state index in [0.717, 1.165) is 22.6 Å². The lowest BCUT2D eigenvalue weighted by Gasteiger charge is -2.15. The van der Waals surface area contributed by atoms with Crippen LogP contribution in [-0.2, 0) is 6.42 Å². The van der Waals surface area contributed by atoms with Crippen molar-refractivity contribution in [3.05, 3.63) is 108 Å². The lowest BCUT2D eigenvalue weighted by atomic mass is 10.0. The van der Waals surface area contributed by atoms with E-state index in [1.165, 1.54) is 0 Å². The van der Waals surface area contributed by atoms with E-state index in [0.29, 0.717) is 29.3 Å². The Kier molecular flexibility index (Phi) is 5.34. The van der Waals surface area contributed by atoms with Crippen LogP contribution in [0.25, 0.3) is 0 Å². The standard InChI is InChI=1S/C25H22N2O2/c26-24-18(9-7-15-22(24)28-20-11-3-1-4-12-20)17-19-10-8-16-23(25(19)27)29-21-13-5-2-6-14-21/h1-16H,17,26-27H2. The lowest BCUT2D eigenvalue weighted by molar-refractivity contribution is 0.484. The largest absolute Gasteiger partial charge is 0.455 e. The highest BCUT2D eigenvalue weighted by molar-refractivity contribution is 5.65. The zero-order valence-electron chi connectivity index (χ0n) is 15.9. The van der Waals surface area contributed by atoms with Crippen LogP contribution in [0.15, 0.2) is 97.1 Å². The van der Waals surface area contributed by atoms with Crippen molar-refractivity contribution in [1.29, 1.82) is 0 Å². The first-order chi connectivity index (χ1) is 14.2. The number of nitrogen functional groups attached to an aromatic ring is 2. The molecule has 0 aliphatic rings. The third-order valence-corrected chi connectivity index (χ3v) is 4.64. The molecule has 0 bridgehead atoms. The Morgan fingerprint density at radius 3 is 1.31 bits per heavy atom. The summed E-state index contributed by atoms with van der Waals surface area (Å²) in [6.45, 7) is 0. The molecule has 0 spiro atoms. The average Bonchev–Trinajstić information content (AvgIpc) is 2.75. The van der Waals surface area contributed by atoms with E-state index in [1.807, 2.05) is 97.1 Å². The molecule has 4 aromatic carbocycles. The second-order valence-electron chi connectivity index (χ2n) is 6.66. The van der Waals surface area contributed by atoms with Gasteiger partial charge in [0, 0.05) is 6.42 Å². The molecule has 0 heterocycles. The molecule has 29 heavy (non-hydrogen) atoms. The summed E-state index contributed by atoms with van der Waals surface area (Å²) in [5.74, 6) is 2.75. The van der Waals surface area contributed by atoms with Gasteiger partial charge in [0.2, 0.25) is 0 Å². The van der Waals surface area contributed by atoms with Gasteiger partial charge in [0.1, 0.15) is 11.5 Å². The van der Waals surface area contributed by atoms with Crippen LogP contribution in [0.3, 0.4) is 0 Å². The zero-order chi connectivity index (χ0) is 20.1. The highest BCUT2D eigenvalue weighted by Gasteiger charge is 2.12. The predicted octanol–water partition coefficient (Wildman–Crippen LogP) is 6.03. The van der Waals surface area contributed by atoms with Crippen molar-refractivity contribution in [3.63, 3.8) is 0 Å². The maximum Gasteiger partial charge on any atom is 0.150 e. The van der Waals surface area contributed by atoms with Gasteiger partial charge < -0.3 is 20.9 Å². The van der Waals surface area contributed by atoms with E-state index >= 15 is 0 Å². The second kappa shape index (κ2) is 8.40. The fraction of sp³-hybridized carbons (Fsp3) is 0.0400. The quantitative estimate of drug-likeness (QED) is 0.400. The van der Waals surface area contributed by atoms with Crippen LogP contribution in [0, 0.1) is 0 Å². The van der Waals surface area contributed by atoms with Gasteiger partial charge >= 0.3 is 0 Å². The molecule has 0 saturated heterocycles. The second-order valence-corrected chi connectivity index (χ2v) is 6.66. The monoisotopic (exact) mass is 382 g/mol. The highest BCUT2D eigenvalue weighted by atomic mass is 16.5. The highest BCUT2D eigenvalue weighted by Crippen LogP contribution is 2.35. The Morgan fingerprint density at radius 2 is 0.897 bits per heavy atom. The van der Waals surface area contributed by atoms with Crippen LogP contribution in [0.1, 0.15) is 11.1 Å². The minimum atomic E-state index is 0.579. The SMILES string of the molecule is Nc1c(Cc2cccc(Oc3ccccc3)c2N)cccc1Oc1ccccc1. The normalized spacial score (nSPS) is 10.5. The molecule has 4 N–H and O–H groups in total. The van der Waals surface area contributed by atoms with E-state index in [4.69, 9.17) is 20.9 Å². The summed E-state index contributed by atoms with van der Waals surface area (Å²) in [6, 6.07) is 30.7. The van der Waals surface area contributed by atoms with Crippen molar-refractivity contribution in [2.24, 2.45) is 0 Å². The molecule has 0 unspecified atom stereocenters. The number of para-hydroxylation sites is 4. The minimum absolute atomic E-state index is 0.579. The number of hydrogen-bond acceptors (Lipinski definition) is 4. The first kappa shape index (κ1) is 18.4. The average molecular weight is 382 g/mol. The molecule has 0 aliphatic carbocycles. The van der Waals surface area contributed by atoms with Gasteiger partial charge in [-0.3, -0.25) is 0 Å². The van der Waals surface area contributed by atoms with Gasteiger partial charge in [-0.2, -0.15) is 0 Å². The molecule has 0 saturated carbocycles. The van der Waals surface area contributed by atoms with Crippen LogP contribution in [-0.4, -0.2) is 0 Å². The van der Waals surface area contributed by atoms with Gasteiger partial charge in [-0.05, 0) is 47.5 Å². The summed E-state index contributed by atoms with van der Waals surface area (Å²) in [5.41, 5.74) is 15.9. The molecular weight excluding hydrogens is 360 g/mol. The van der Waals surface area contributed by atoms with Crippen molar-refractivity contribution in [3.8, 4) is 23.0 Å². The van der Waals surface area contributed by atoms with Gasteiger partial charge in [-0.1, -0.05) is 60.7 Å². The smallest absolute Gasteiger partial charge is 0.150 e. The summed E-state index contributed by atoms with van der Waals surface area (Å²) in [6.07, 6.45) is 0.579. The number of rotatable bonds is 6. The predicted molar refractivity (Wildman–Crippen MR) is 118 cm³/mol. The van der Waals surface area contributed by atoms with Gasteiger partial charge in [0.15, 0.2) is 11.5 Å². The fourth-order valence-electron chi connectivity index (χ4n) is 3.10. The molecule has 0 aliphatic heterocycles. The Bertz CT molecular complexity index is 1010. The number of ether oxygens (including phenoxy) is 2. The Hall–Kier alpha value is -3.92. The molecule has 0 amide bonds. The fourth-order valence-corrected chi connectivity index (χ4v) is 3.10. The Balaban J connectivity index is 1.58. The van der Waals surface area contributed by atoms with E-state index in [-0.39, 0.29) is 0 Å². The van der Waals surface area contributed by atoms with Gasteiger partial charge in [-0.15, -0.1) is 0 Å². The van der Waals surface area contributed by atoms with Gasteiger partial charge in [-0.25, -0.2) is 0 Å². The summed E-state index contributed by atoms with van der Waals surface area (Å²) in [5, 5.41) is 0. The summed E-state index contributed by atoms with van der Waals surface area (Å²) in [4.78, 5) is 0. The van der Waals surface area contributed by atoms with Crippen molar-refractivity contribution >= 4 is 11.4 Å². The van der Waals surface area contributed by atoms with Gasteiger partial charge in [0.25, 0.3) is 0 Å². The molecule has 0 radical (unpaired) electrons. The molecule has 4 rings (SSSR count). The molecule has 0 fully saturated rings. The van der Waals surface area contributed by atoms with E-state index < -0.39 is 0 Å². The molecule has 4 nitrogen and oxygen atoms in total. The third kappa shape index (κ3) is 4.33. The topological polar surface area (TPSA) is 70.5 Å². The zero-order valence-corrected chi connectivity index (χ0v) is 15.9. The number of benzene rings is 4. The first-order valence-corrected chi connectivity index (χ1v) is 9.41. The number of nitrogens with two attached hydrogens (primary N) is 2. The number of hydrogen-bond donors (Lipinski definition) is 2. The molecule has 4 heteroatoms. The van der Waals surface area contributed by atoms with Crippen LogP contribution in [0.4, 0.5) is 11.4 Å². The summed E-state index contributed by atoms with van der Waals surface area (Å²) >= 11 is 0. The summed E-state index contributed by atoms with van der Waals surface area (Å²) in [7, 11) is 0. The minimum Gasteiger partial charge on any atom is -0.455 e. The van der Waals surface area contributed by atoms with Crippen LogP contribution in [0.5, 0.6) is 23.0 Å². The van der Waals surface area contributed by atoms with Crippen molar-refractivity contribution < 1.29 is 9.47 Å². The van der Waals surface area contributed by atoms with E-state index in [9.17, 15) is 0 Å². The molecule has 4 aromatic rings. The Morgan fingerprint density at radius 1 is 0.483 bits per heavy atom. The first-order valence-electron chi connectivity index (χ1n) is 9.41. The maximum absolute atomic E-state index is 6.39. The van der Waals surface area contributed by atoms with Gasteiger partial charge in [0.05, 0.1) is 11.4 Å². The molecule has 144 valence electrons. The van der Waals surface area contributed by atoms with Crippen molar-refractivity contribution in [1.82, 2.24) is 0 Å².